The van der Waals surface area contributed by atoms with Gasteiger partial charge in [0.05, 0.1) is 0 Å². The van der Waals surface area contributed by atoms with E-state index < -0.39 is 0 Å². The van der Waals surface area contributed by atoms with Crippen LogP contribution in [-0.4, -0.2) is 10.3 Å². The van der Waals surface area contributed by atoms with E-state index in [9.17, 15) is 0 Å². The van der Waals surface area contributed by atoms with E-state index in [1.165, 1.54) is 33.1 Å². The molecule has 0 saturated carbocycles. The number of halogens is 6. The van der Waals surface area contributed by atoms with Crippen molar-refractivity contribution in [2.45, 2.75) is 37.5 Å². The number of alkyl halides is 2. The fourth-order valence-corrected chi connectivity index (χ4v) is 5.49. The number of hydrogen-bond donors (Lipinski definition) is 0. The summed E-state index contributed by atoms with van der Waals surface area (Å²) in [6.45, 7) is 0. The van der Waals surface area contributed by atoms with Crippen LogP contribution in [0.3, 0.4) is 0 Å². The minimum absolute atomic E-state index is 0.341. The number of rotatable bonds is 10. The van der Waals surface area contributed by atoms with Gasteiger partial charge in [-0.05, 0) is 101 Å². The Balaban J connectivity index is 0.000000211. The van der Waals surface area contributed by atoms with Gasteiger partial charge in [-0.1, -0.05) is 118 Å². The zero-order valence-corrected chi connectivity index (χ0v) is 26.8. The minimum atomic E-state index is 0.341. The summed E-state index contributed by atoms with van der Waals surface area (Å²) in [4.78, 5) is 0. The predicted molar refractivity (Wildman–Crippen MR) is 178 cm³/mol. The molecular formula is C32H30Cl5I. The molecular weight excluding hydrogens is 689 g/mol. The predicted octanol–water partition coefficient (Wildman–Crippen LogP) is 12.5. The Morgan fingerprint density at radius 2 is 0.711 bits per heavy atom. The van der Waals surface area contributed by atoms with Gasteiger partial charge in [0.15, 0.2) is 0 Å². The van der Waals surface area contributed by atoms with Gasteiger partial charge in [-0.2, -0.15) is 0 Å². The Hall–Kier alpha value is -0.940. The van der Waals surface area contributed by atoms with E-state index in [0.717, 1.165) is 39.4 Å². The molecule has 0 amide bonds. The summed E-state index contributed by atoms with van der Waals surface area (Å²) in [5, 5.41) is 3.09. The maximum Gasteiger partial charge on any atom is 0.0406 e. The highest BCUT2D eigenvalue weighted by molar-refractivity contribution is 14.1. The number of benzene rings is 4. The summed E-state index contributed by atoms with van der Waals surface area (Å²) in [6.07, 6.45) is 4.35. The lowest BCUT2D eigenvalue weighted by atomic mass is 9.88. The SMILES string of the molecule is ClCCCC(c1ccc(Cl)cc1)c1ccc(Cl)cc1.Clc1ccc(C(CCCI)c2ccc(Cl)cc2)cc1. The molecule has 0 bridgehead atoms. The van der Waals surface area contributed by atoms with Crippen molar-refractivity contribution in [1.82, 2.24) is 0 Å². The highest BCUT2D eigenvalue weighted by Gasteiger charge is 2.15. The summed E-state index contributed by atoms with van der Waals surface area (Å²) in [5.41, 5.74) is 5.15. The molecule has 0 unspecified atom stereocenters. The van der Waals surface area contributed by atoms with Crippen molar-refractivity contribution in [2.75, 3.05) is 10.3 Å². The Bertz CT molecular complexity index is 1020. The van der Waals surface area contributed by atoms with Gasteiger partial charge in [0, 0.05) is 37.8 Å². The lowest BCUT2D eigenvalue weighted by Gasteiger charge is -2.18. The van der Waals surface area contributed by atoms with E-state index in [1.54, 1.807) is 0 Å². The van der Waals surface area contributed by atoms with Gasteiger partial charge < -0.3 is 0 Å². The summed E-state index contributed by atoms with van der Waals surface area (Å²) in [6, 6.07) is 32.4. The highest BCUT2D eigenvalue weighted by atomic mass is 127. The van der Waals surface area contributed by atoms with Gasteiger partial charge in [0.2, 0.25) is 0 Å². The van der Waals surface area contributed by atoms with Crippen molar-refractivity contribution in [3.8, 4) is 0 Å². The standard InChI is InChI=1S/C16H15Cl3.C16H15Cl2I/c17-11-1-2-16(12-3-7-14(18)8-4-12)13-5-9-15(19)10-6-13;17-14-7-3-12(4-8-14)16(2-1-11-19)13-5-9-15(18)10-6-13/h2*3-10,16H,1-2,11H2. The second-order valence-electron chi connectivity index (χ2n) is 8.97. The molecule has 0 heterocycles. The molecule has 0 fully saturated rings. The van der Waals surface area contributed by atoms with Crippen LogP contribution in [0.1, 0.15) is 59.8 Å². The van der Waals surface area contributed by atoms with Crippen molar-refractivity contribution in [1.29, 1.82) is 0 Å². The maximum atomic E-state index is 5.97. The maximum absolute atomic E-state index is 5.97. The zero-order valence-electron chi connectivity index (χ0n) is 20.9. The third-order valence-electron chi connectivity index (χ3n) is 6.34. The van der Waals surface area contributed by atoms with Crippen LogP contribution in [0, 0.1) is 0 Å². The molecule has 200 valence electrons. The van der Waals surface area contributed by atoms with E-state index in [2.05, 4.69) is 71.1 Å². The molecule has 0 saturated heterocycles. The van der Waals surface area contributed by atoms with E-state index in [1.807, 2.05) is 48.5 Å². The average Bonchev–Trinajstić information content (AvgIpc) is 2.93. The normalized spacial score (nSPS) is 10.9. The molecule has 0 aliphatic carbocycles. The van der Waals surface area contributed by atoms with Crippen molar-refractivity contribution in [3.05, 3.63) is 139 Å². The Kier molecular flexibility index (Phi) is 14.1. The lowest BCUT2D eigenvalue weighted by Crippen LogP contribution is -2.01. The topological polar surface area (TPSA) is 0 Å². The highest BCUT2D eigenvalue weighted by Crippen LogP contribution is 2.32. The van der Waals surface area contributed by atoms with Crippen LogP contribution in [0.4, 0.5) is 0 Å². The third-order valence-corrected chi connectivity index (χ3v) is 8.38. The van der Waals surface area contributed by atoms with E-state index in [0.29, 0.717) is 17.7 Å². The molecule has 38 heavy (non-hydrogen) atoms. The first-order valence-electron chi connectivity index (χ1n) is 12.5. The summed E-state index contributed by atoms with van der Waals surface area (Å²) >= 11 is 32.1. The molecule has 4 rings (SSSR count). The van der Waals surface area contributed by atoms with Crippen LogP contribution in [-0.2, 0) is 0 Å². The third kappa shape index (κ3) is 10.2. The van der Waals surface area contributed by atoms with Crippen LogP contribution >= 0.6 is 80.6 Å². The summed E-state index contributed by atoms with van der Waals surface area (Å²) < 4.78 is 1.18. The first kappa shape index (κ1) is 31.6. The monoisotopic (exact) mass is 716 g/mol. The molecule has 0 atom stereocenters. The molecule has 0 aliphatic rings. The first-order chi connectivity index (χ1) is 18.4. The van der Waals surface area contributed by atoms with Gasteiger partial charge in [-0.3, -0.25) is 0 Å². The molecule has 6 heteroatoms. The second kappa shape index (κ2) is 17.0. The van der Waals surface area contributed by atoms with Gasteiger partial charge in [0.25, 0.3) is 0 Å². The molecule has 4 aromatic rings. The van der Waals surface area contributed by atoms with E-state index in [-0.39, 0.29) is 0 Å². The Labute approximate surface area is 265 Å². The summed E-state index contributed by atoms with van der Waals surface area (Å²) in [7, 11) is 0. The Morgan fingerprint density at radius 1 is 0.447 bits per heavy atom. The van der Waals surface area contributed by atoms with E-state index in [4.69, 9.17) is 58.0 Å². The van der Waals surface area contributed by atoms with Crippen molar-refractivity contribution in [2.24, 2.45) is 0 Å². The molecule has 0 spiro atoms. The van der Waals surface area contributed by atoms with Crippen molar-refractivity contribution < 1.29 is 0 Å². The van der Waals surface area contributed by atoms with Crippen LogP contribution in [0.15, 0.2) is 97.1 Å². The van der Waals surface area contributed by atoms with Crippen LogP contribution < -0.4 is 0 Å². The smallest absolute Gasteiger partial charge is 0.0406 e. The second-order valence-corrected chi connectivity index (χ2v) is 12.2. The van der Waals surface area contributed by atoms with Gasteiger partial charge >= 0.3 is 0 Å². The fourth-order valence-electron chi connectivity index (χ4n) is 4.39. The minimum Gasteiger partial charge on any atom is -0.127 e. The largest absolute Gasteiger partial charge is 0.127 e. The Morgan fingerprint density at radius 3 is 0.947 bits per heavy atom. The lowest BCUT2D eigenvalue weighted by molar-refractivity contribution is 0.701. The van der Waals surface area contributed by atoms with E-state index >= 15 is 0 Å². The van der Waals surface area contributed by atoms with Gasteiger partial charge in [0.1, 0.15) is 0 Å². The van der Waals surface area contributed by atoms with Crippen LogP contribution in [0.2, 0.25) is 20.1 Å². The van der Waals surface area contributed by atoms with Crippen molar-refractivity contribution in [3.63, 3.8) is 0 Å². The van der Waals surface area contributed by atoms with Crippen LogP contribution in [0.5, 0.6) is 0 Å². The molecule has 0 N–H and O–H groups in total. The van der Waals surface area contributed by atoms with Gasteiger partial charge in [-0.25, -0.2) is 0 Å². The molecule has 0 aromatic heterocycles. The van der Waals surface area contributed by atoms with Crippen molar-refractivity contribution >= 4 is 80.6 Å². The molecule has 0 aliphatic heterocycles. The first-order valence-corrected chi connectivity index (χ1v) is 16.1. The quantitative estimate of drug-likeness (QED) is 0.113. The average molecular weight is 719 g/mol. The number of hydrogen-bond acceptors (Lipinski definition) is 0. The molecule has 0 nitrogen and oxygen atoms in total. The molecule has 4 aromatic carbocycles. The summed E-state index contributed by atoms with van der Waals surface area (Å²) in [5.74, 6) is 1.44. The van der Waals surface area contributed by atoms with Crippen LogP contribution in [0.25, 0.3) is 0 Å². The molecule has 0 radical (unpaired) electrons. The van der Waals surface area contributed by atoms with Gasteiger partial charge in [-0.15, -0.1) is 11.6 Å². The fraction of sp³-hybridized carbons (Fsp3) is 0.250. The zero-order chi connectivity index (χ0) is 27.3.